The summed E-state index contributed by atoms with van der Waals surface area (Å²) in [5.41, 5.74) is 1.86. The van der Waals surface area contributed by atoms with Gasteiger partial charge in [0.2, 0.25) is 5.91 Å². The van der Waals surface area contributed by atoms with Crippen molar-refractivity contribution in [2.45, 2.75) is 25.3 Å². The van der Waals surface area contributed by atoms with E-state index in [0.717, 1.165) is 35.1 Å². The Balaban J connectivity index is 1.56. The van der Waals surface area contributed by atoms with Gasteiger partial charge in [-0.25, -0.2) is 9.97 Å². The molecule has 1 aliphatic rings. The van der Waals surface area contributed by atoms with E-state index >= 15 is 0 Å². The third-order valence-corrected chi connectivity index (χ3v) is 4.22. The molecule has 1 saturated carbocycles. The van der Waals surface area contributed by atoms with Crippen molar-refractivity contribution in [2.75, 3.05) is 11.9 Å². The topological polar surface area (TPSA) is 66.9 Å². The Bertz CT molecular complexity index is 891. The van der Waals surface area contributed by atoms with E-state index in [1.807, 2.05) is 54.6 Å². The summed E-state index contributed by atoms with van der Waals surface area (Å²) in [6.07, 6.45) is 2.65. The number of rotatable bonds is 6. The lowest BCUT2D eigenvalue weighted by atomic mass is 10.2. The summed E-state index contributed by atoms with van der Waals surface area (Å²) in [6.45, 7) is 0.549. The summed E-state index contributed by atoms with van der Waals surface area (Å²) in [4.78, 5) is 21.2. The van der Waals surface area contributed by atoms with E-state index in [1.165, 1.54) is 0 Å². The van der Waals surface area contributed by atoms with Gasteiger partial charge in [0.15, 0.2) is 5.82 Å². The van der Waals surface area contributed by atoms with Crippen molar-refractivity contribution in [1.82, 2.24) is 15.3 Å². The lowest BCUT2D eigenvalue weighted by Crippen LogP contribution is -2.27. The molecule has 1 fully saturated rings. The van der Waals surface area contributed by atoms with Crippen LogP contribution in [0.5, 0.6) is 0 Å². The highest BCUT2D eigenvalue weighted by Crippen LogP contribution is 2.24. The Labute approximate surface area is 146 Å². The lowest BCUT2D eigenvalue weighted by Gasteiger charge is -2.11. The van der Waals surface area contributed by atoms with Crippen LogP contribution in [-0.4, -0.2) is 28.5 Å². The largest absolute Gasteiger partial charge is 0.369 e. The first-order chi connectivity index (χ1) is 12.3. The Hall–Kier alpha value is -2.95. The van der Waals surface area contributed by atoms with Gasteiger partial charge in [-0.2, -0.15) is 0 Å². The van der Waals surface area contributed by atoms with Crippen LogP contribution in [0.1, 0.15) is 19.3 Å². The van der Waals surface area contributed by atoms with Gasteiger partial charge < -0.3 is 10.6 Å². The second kappa shape index (κ2) is 6.89. The molecule has 0 bridgehead atoms. The highest BCUT2D eigenvalue weighted by atomic mass is 16.1. The number of fused-ring (bicyclic) bond motifs is 1. The van der Waals surface area contributed by atoms with Crippen LogP contribution in [0.4, 0.5) is 5.82 Å². The zero-order valence-electron chi connectivity index (χ0n) is 13.9. The fourth-order valence-corrected chi connectivity index (χ4v) is 2.75. The number of carbonyl (C=O) groups is 1. The molecule has 5 heteroatoms. The second-order valence-corrected chi connectivity index (χ2v) is 6.30. The molecule has 0 spiro atoms. The van der Waals surface area contributed by atoms with Gasteiger partial charge in [-0.1, -0.05) is 42.5 Å². The van der Waals surface area contributed by atoms with Gasteiger partial charge in [0.25, 0.3) is 0 Å². The van der Waals surface area contributed by atoms with Crippen LogP contribution in [0.15, 0.2) is 54.6 Å². The molecule has 0 unspecified atom stereocenters. The van der Waals surface area contributed by atoms with Gasteiger partial charge in [-0.15, -0.1) is 0 Å². The van der Waals surface area contributed by atoms with Gasteiger partial charge in [0.1, 0.15) is 5.82 Å². The summed E-state index contributed by atoms with van der Waals surface area (Å²) in [7, 11) is 0. The first-order valence-corrected chi connectivity index (χ1v) is 8.65. The molecule has 126 valence electrons. The molecule has 1 aromatic heterocycles. The molecule has 2 N–H and O–H groups in total. The average molecular weight is 332 g/mol. The predicted octanol–water partition coefficient (Wildman–Crippen LogP) is 3.38. The van der Waals surface area contributed by atoms with E-state index in [0.29, 0.717) is 24.8 Å². The van der Waals surface area contributed by atoms with Crippen LogP contribution in [0.3, 0.4) is 0 Å². The standard InChI is InChI=1S/C20H20N4O/c25-18(22-15-10-11-15)12-13-21-20-16-8-4-5-9-17(16)23-19(24-20)14-6-2-1-3-7-14/h1-9,15H,10-13H2,(H,22,25)(H,21,23,24). The summed E-state index contributed by atoms with van der Waals surface area (Å²) in [5, 5.41) is 7.28. The van der Waals surface area contributed by atoms with Crippen molar-refractivity contribution < 1.29 is 4.79 Å². The SMILES string of the molecule is O=C(CCNc1nc(-c2ccccc2)nc2ccccc12)NC1CC1. The van der Waals surface area contributed by atoms with Crippen molar-refractivity contribution in [2.24, 2.45) is 0 Å². The number of para-hydroxylation sites is 1. The number of nitrogens with one attached hydrogen (secondary N) is 2. The quantitative estimate of drug-likeness (QED) is 0.726. The number of anilines is 1. The monoisotopic (exact) mass is 332 g/mol. The van der Waals surface area contributed by atoms with Crippen molar-refractivity contribution in [3.05, 3.63) is 54.6 Å². The van der Waals surface area contributed by atoms with E-state index in [2.05, 4.69) is 20.6 Å². The zero-order valence-corrected chi connectivity index (χ0v) is 13.9. The molecule has 0 saturated heterocycles. The van der Waals surface area contributed by atoms with Crippen LogP contribution in [0.25, 0.3) is 22.3 Å². The fraction of sp³-hybridized carbons (Fsp3) is 0.250. The highest BCUT2D eigenvalue weighted by molar-refractivity contribution is 5.90. The molecular weight excluding hydrogens is 312 g/mol. The lowest BCUT2D eigenvalue weighted by molar-refractivity contribution is -0.120. The minimum absolute atomic E-state index is 0.0941. The Morgan fingerprint density at radius 1 is 1.00 bits per heavy atom. The highest BCUT2D eigenvalue weighted by Gasteiger charge is 2.22. The summed E-state index contributed by atoms with van der Waals surface area (Å²) in [5.74, 6) is 1.55. The Morgan fingerprint density at radius 3 is 2.56 bits per heavy atom. The van der Waals surface area contributed by atoms with Gasteiger partial charge in [0.05, 0.1) is 5.52 Å². The third kappa shape index (κ3) is 3.76. The molecule has 5 nitrogen and oxygen atoms in total. The first kappa shape index (κ1) is 15.6. The summed E-state index contributed by atoms with van der Waals surface area (Å²) in [6, 6.07) is 18.2. The smallest absolute Gasteiger partial charge is 0.221 e. The van der Waals surface area contributed by atoms with Gasteiger partial charge >= 0.3 is 0 Å². The maximum Gasteiger partial charge on any atom is 0.221 e. The number of amides is 1. The summed E-state index contributed by atoms with van der Waals surface area (Å²) < 4.78 is 0. The molecule has 0 atom stereocenters. The molecule has 25 heavy (non-hydrogen) atoms. The van der Waals surface area contributed by atoms with Crippen LogP contribution in [0.2, 0.25) is 0 Å². The van der Waals surface area contributed by atoms with Crippen molar-refractivity contribution >= 4 is 22.6 Å². The first-order valence-electron chi connectivity index (χ1n) is 8.65. The maximum atomic E-state index is 11.9. The van der Waals surface area contributed by atoms with E-state index < -0.39 is 0 Å². The zero-order chi connectivity index (χ0) is 17.1. The fourth-order valence-electron chi connectivity index (χ4n) is 2.75. The molecule has 1 amide bonds. The number of hydrogen-bond acceptors (Lipinski definition) is 4. The van der Waals surface area contributed by atoms with E-state index in [9.17, 15) is 4.79 Å². The normalized spacial score (nSPS) is 13.6. The Kier molecular flexibility index (Phi) is 4.29. The molecule has 3 aromatic rings. The minimum atomic E-state index is 0.0941. The number of aromatic nitrogens is 2. The Morgan fingerprint density at radius 2 is 1.76 bits per heavy atom. The predicted molar refractivity (Wildman–Crippen MR) is 99.2 cm³/mol. The summed E-state index contributed by atoms with van der Waals surface area (Å²) >= 11 is 0. The number of carbonyl (C=O) groups excluding carboxylic acids is 1. The molecule has 1 aliphatic carbocycles. The van der Waals surface area contributed by atoms with Crippen molar-refractivity contribution in [1.29, 1.82) is 0 Å². The van der Waals surface area contributed by atoms with E-state index in [-0.39, 0.29) is 5.91 Å². The number of hydrogen-bond donors (Lipinski definition) is 2. The molecule has 4 rings (SSSR count). The molecule has 0 aliphatic heterocycles. The van der Waals surface area contributed by atoms with Crippen molar-refractivity contribution in [3.8, 4) is 11.4 Å². The maximum absolute atomic E-state index is 11.9. The minimum Gasteiger partial charge on any atom is -0.369 e. The average Bonchev–Trinajstić information content (AvgIpc) is 3.46. The van der Waals surface area contributed by atoms with Crippen LogP contribution < -0.4 is 10.6 Å². The number of nitrogens with zero attached hydrogens (tertiary/aromatic N) is 2. The second-order valence-electron chi connectivity index (χ2n) is 6.30. The van der Waals surface area contributed by atoms with Crippen LogP contribution >= 0.6 is 0 Å². The van der Waals surface area contributed by atoms with Crippen LogP contribution in [-0.2, 0) is 4.79 Å². The van der Waals surface area contributed by atoms with Crippen molar-refractivity contribution in [3.63, 3.8) is 0 Å². The molecule has 0 radical (unpaired) electrons. The number of benzene rings is 2. The van der Waals surface area contributed by atoms with E-state index in [4.69, 9.17) is 0 Å². The van der Waals surface area contributed by atoms with E-state index in [1.54, 1.807) is 0 Å². The van der Waals surface area contributed by atoms with Gasteiger partial charge in [0, 0.05) is 30.0 Å². The third-order valence-electron chi connectivity index (χ3n) is 4.22. The van der Waals surface area contributed by atoms with Gasteiger partial charge in [-0.05, 0) is 25.0 Å². The van der Waals surface area contributed by atoms with Gasteiger partial charge in [-0.3, -0.25) is 4.79 Å². The molecule has 1 heterocycles. The molecular formula is C20H20N4O. The molecule has 2 aromatic carbocycles. The van der Waals surface area contributed by atoms with Crippen LogP contribution in [0, 0.1) is 0 Å².